The van der Waals surface area contributed by atoms with E-state index in [0.717, 1.165) is 10.8 Å². The molecule has 3 N–H and O–H groups in total. The van der Waals surface area contributed by atoms with Crippen LogP contribution in [0.15, 0.2) is 72.3 Å². The maximum absolute atomic E-state index is 13.0. The van der Waals surface area contributed by atoms with Gasteiger partial charge in [0.1, 0.15) is 5.75 Å². The van der Waals surface area contributed by atoms with Crippen LogP contribution in [0.5, 0.6) is 5.75 Å². The van der Waals surface area contributed by atoms with Gasteiger partial charge in [-0.25, -0.2) is 9.59 Å². The lowest BCUT2D eigenvalue weighted by Gasteiger charge is -2.30. The second kappa shape index (κ2) is 7.67. The highest BCUT2D eigenvalue weighted by atomic mass is 16.5. The van der Waals surface area contributed by atoms with Gasteiger partial charge in [-0.1, -0.05) is 60.7 Å². The Kier molecular flexibility index (Phi) is 4.91. The molecule has 0 aliphatic carbocycles. The number of rotatable bonds is 4. The van der Waals surface area contributed by atoms with Crippen molar-refractivity contribution in [2.45, 2.75) is 13.0 Å². The Balaban J connectivity index is 2.00. The number of esters is 1. The molecular weight excluding hydrogens is 368 g/mol. The summed E-state index contributed by atoms with van der Waals surface area (Å²) < 4.78 is 5.30. The number of carbonyl (C=O) groups is 2. The summed E-state index contributed by atoms with van der Waals surface area (Å²) in [4.78, 5) is 25.5. The van der Waals surface area contributed by atoms with Crippen molar-refractivity contribution in [1.29, 1.82) is 0 Å². The maximum Gasteiger partial charge on any atom is 0.338 e. The lowest BCUT2D eigenvalue weighted by atomic mass is 9.89. The number of phenols is 1. The predicted octanol–water partition coefficient (Wildman–Crippen LogP) is 3.87. The molecule has 146 valence electrons. The molecule has 6 nitrogen and oxygen atoms in total. The van der Waals surface area contributed by atoms with Crippen LogP contribution in [0.1, 0.15) is 24.1 Å². The van der Waals surface area contributed by atoms with E-state index in [2.05, 4.69) is 10.6 Å². The molecule has 0 aromatic heterocycles. The number of benzene rings is 3. The van der Waals surface area contributed by atoms with Crippen molar-refractivity contribution < 1.29 is 19.4 Å². The Bertz CT molecular complexity index is 1120. The van der Waals surface area contributed by atoms with E-state index < -0.39 is 18.0 Å². The minimum atomic E-state index is -0.871. The van der Waals surface area contributed by atoms with E-state index in [-0.39, 0.29) is 17.9 Å². The van der Waals surface area contributed by atoms with Gasteiger partial charge in [-0.15, -0.1) is 0 Å². The summed E-state index contributed by atoms with van der Waals surface area (Å²) in [5.74, 6) is -0.568. The van der Waals surface area contributed by atoms with Gasteiger partial charge in [0.15, 0.2) is 0 Å². The highest BCUT2D eigenvalue weighted by molar-refractivity contribution is 6.06. The number of urea groups is 1. The highest BCUT2D eigenvalue weighted by Crippen LogP contribution is 2.39. The van der Waals surface area contributed by atoms with Crippen LogP contribution in [0.2, 0.25) is 0 Å². The number of fused-ring (bicyclic) bond motifs is 1. The lowest BCUT2D eigenvalue weighted by Crippen LogP contribution is -2.45. The number of nitrogens with one attached hydrogen (secondary N) is 2. The Labute approximate surface area is 167 Å². The zero-order chi connectivity index (χ0) is 20.4. The number of hydrogen-bond acceptors (Lipinski definition) is 4. The fraction of sp³-hybridized carbons (Fsp3) is 0.130. The number of amides is 2. The number of aromatic hydroxyl groups is 1. The van der Waals surface area contributed by atoms with Gasteiger partial charge in [-0.2, -0.15) is 0 Å². The van der Waals surface area contributed by atoms with E-state index in [1.165, 1.54) is 0 Å². The summed E-state index contributed by atoms with van der Waals surface area (Å²) in [7, 11) is 0. The van der Waals surface area contributed by atoms with Gasteiger partial charge in [0.05, 0.1) is 23.9 Å². The fourth-order valence-electron chi connectivity index (χ4n) is 3.63. The molecule has 0 bridgehead atoms. The number of ether oxygens (including phenoxy) is 1. The normalized spacial score (nSPS) is 16.3. The molecule has 1 heterocycles. The molecule has 0 fully saturated rings. The topological polar surface area (TPSA) is 87.7 Å². The highest BCUT2D eigenvalue weighted by Gasteiger charge is 2.36. The van der Waals surface area contributed by atoms with Crippen LogP contribution in [-0.2, 0) is 9.53 Å². The SMILES string of the molecule is CCOC(=O)C1=C(c2ccccc2)NC(=O)NC1c1c(O)ccc2ccccc12. The summed E-state index contributed by atoms with van der Waals surface area (Å²) in [5.41, 5.74) is 1.74. The lowest BCUT2D eigenvalue weighted by molar-refractivity contribution is -0.138. The molecule has 3 aromatic carbocycles. The van der Waals surface area contributed by atoms with Crippen LogP contribution in [0, 0.1) is 0 Å². The van der Waals surface area contributed by atoms with Crippen molar-refractivity contribution in [2.75, 3.05) is 6.61 Å². The molecule has 2 amide bonds. The van der Waals surface area contributed by atoms with Gasteiger partial charge in [0.25, 0.3) is 0 Å². The zero-order valence-electron chi connectivity index (χ0n) is 15.8. The van der Waals surface area contributed by atoms with Gasteiger partial charge >= 0.3 is 12.0 Å². The van der Waals surface area contributed by atoms with E-state index in [1.54, 1.807) is 31.2 Å². The van der Waals surface area contributed by atoms with Crippen LogP contribution < -0.4 is 10.6 Å². The second-order valence-electron chi connectivity index (χ2n) is 6.63. The number of carbonyl (C=O) groups excluding carboxylic acids is 2. The summed E-state index contributed by atoms with van der Waals surface area (Å²) in [6.45, 7) is 1.91. The molecular formula is C23H20N2O4. The van der Waals surface area contributed by atoms with E-state index in [9.17, 15) is 14.7 Å². The Morgan fingerprint density at radius 2 is 1.76 bits per heavy atom. The first kappa shape index (κ1) is 18.6. The van der Waals surface area contributed by atoms with Gasteiger partial charge < -0.3 is 20.5 Å². The van der Waals surface area contributed by atoms with Crippen LogP contribution in [0.25, 0.3) is 16.5 Å². The summed E-state index contributed by atoms with van der Waals surface area (Å²) in [6, 6.07) is 18.6. The first-order valence-electron chi connectivity index (χ1n) is 9.35. The third-order valence-corrected chi connectivity index (χ3v) is 4.87. The molecule has 4 rings (SSSR count). The molecule has 3 aromatic rings. The average Bonchev–Trinajstić information content (AvgIpc) is 2.74. The van der Waals surface area contributed by atoms with Crippen molar-refractivity contribution >= 4 is 28.5 Å². The first-order chi connectivity index (χ1) is 14.1. The molecule has 1 aliphatic rings. The largest absolute Gasteiger partial charge is 0.508 e. The summed E-state index contributed by atoms with van der Waals surface area (Å²) in [5, 5.41) is 17.8. The van der Waals surface area contributed by atoms with Crippen molar-refractivity contribution in [3.05, 3.63) is 83.4 Å². The van der Waals surface area contributed by atoms with Gasteiger partial charge in [0.2, 0.25) is 0 Å². The summed E-state index contributed by atoms with van der Waals surface area (Å²) in [6.07, 6.45) is 0. The molecule has 0 spiro atoms. The molecule has 29 heavy (non-hydrogen) atoms. The third-order valence-electron chi connectivity index (χ3n) is 4.87. The first-order valence-corrected chi connectivity index (χ1v) is 9.35. The average molecular weight is 388 g/mol. The van der Waals surface area contributed by atoms with E-state index >= 15 is 0 Å². The molecule has 1 atom stereocenters. The van der Waals surface area contributed by atoms with Crippen molar-refractivity contribution in [3.63, 3.8) is 0 Å². The molecule has 0 saturated carbocycles. The van der Waals surface area contributed by atoms with Crippen LogP contribution >= 0.6 is 0 Å². The maximum atomic E-state index is 13.0. The predicted molar refractivity (Wildman–Crippen MR) is 110 cm³/mol. The Morgan fingerprint density at radius 3 is 2.52 bits per heavy atom. The summed E-state index contributed by atoms with van der Waals surface area (Å²) >= 11 is 0. The monoisotopic (exact) mass is 388 g/mol. The van der Waals surface area contributed by atoms with Crippen LogP contribution in [0.4, 0.5) is 4.79 Å². The number of hydrogen-bond donors (Lipinski definition) is 3. The van der Waals surface area contributed by atoms with Gasteiger partial charge in [0, 0.05) is 5.56 Å². The van der Waals surface area contributed by atoms with Crippen LogP contribution in [-0.4, -0.2) is 23.7 Å². The zero-order valence-corrected chi connectivity index (χ0v) is 15.8. The van der Waals surface area contributed by atoms with E-state index in [0.29, 0.717) is 16.8 Å². The smallest absolute Gasteiger partial charge is 0.338 e. The van der Waals surface area contributed by atoms with Gasteiger partial charge in [-0.3, -0.25) is 0 Å². The molecule has 0 radical (unpaired) electrons. The fourth-order valence-corrected chi connectivity index (χ4v) is 3.63. The third kappa shape index (κ3) is 3.40. The molecule has 1 aliphatic heterocycles. The van der Waals surface area contributed by atoms with E-state index in [4.69, 9.17) is 4.74 Å². The standard InChI is InChI=1S/C23H20N2O4/c1-2-29-22(27)19-20(15-9-4-3-5-10-15)24-23(28)25-21(19)18-16-11-7-6-8-14(16)12-13-17(18)26/h3-13,21,26H,2H2,1H3,(H2,24,25,28). The Morgan fingerprint density at radius 1 is 1.03 bits per heavy atom. The van der Waals surface area contributed by atoms with Gasteiger partial charge in [-0.05, 0) is 29.3 Å². The quantitative estimate of drug-likeness (QED) is 0.592. The van der Waals surface area contributed by atoms with Crippen LogP contribution in [0.3, 0.4) is 0 Å². The molecule has 6 heteroatoms. The number of phenolic OH excluding ortho intramolecular Hbond substituents is 1. The second-order valence-corrected chi connectivity index (χ2v) is 6.63. The Hall–Kier alpha value is -3.80. The van der Waals surface area contributed by atoms with Crippen molar-refractivity contribution in [1.82, 2.24) is 10.6 Å². The molecule has 0 saturated heterocycles. The van der Waals surface area contributed by atoms with E-state index in [1.807, 2.05) is 42.5 Å². The minimum Gasteiger partial charge on any atom is -0.508 e. The van der Waals surface area contributed by atoms with Crippen molar-refractivity contribution in [3.8, 4) is 5.75 Å². The molecule has 1 unspecified atom stereocenters. The van der Waals surface area contributed by atoms with Crippen molar-refractivity contribution in [2.24, 2.45) is 0 Å². The minimum absolute atomic E-state index is 0.00916.